The summed E-state index contributed by atoms with van der Waals surface area (Å²) in [6, 6.07) is 9.40. The Morgan fingerprint density at radius 1 is 1.25 bits per heavy atom. The Bertz CT molecular complexity index is 616. The number of ether oxygens (including phenoxy) is 1. The van der Waals surface area contributed by atoms with Crippen LogP contribution in [0.15, 0.2) is 36.4 Å². The number of nitrogens with zero attached hydrogens (tertiary/aromatic N) is 2. The average Bonchev–Trinajstić information content (AvgIpc) is 2.41. The van der Waals surface area contributed by atoms with Crippen molar-refractivity contribution >= 4 is 17.3 Å². The van der Waals surface area contributed by atoms with Crippen molar-refractivity contribution in [1.29, 1.82) is 0 Å². The van der Waals surface area contributed by atoms with Crippen LogP contribution in [-0.2, 0) is 6.42 Å². The van der Waals surface area contributed by atoms with Gasteiger partial charge in [0.05, 0.1) is 4.92 Å². The van der Waals surface area contributed by atoms with E-state index in [0.717, 1.165) is 5.56 Å². The van der Waals surface area contributed by atoms with Gasteiger partial charge in [0.15, 0.2) is 0 Å². The van der Waals surface area contributed by atoms with Crippen molar-refractivity contribution in [2.24, 2.45) is 0 Å². The molecule has 1 heterocycles. The number of rotatable bonds is 5. The smallest absolute Gasteiger partial charge is 0.331 e. The number of benzene rings is 1. The van der Waals surface area contributed by atoms with Crippen LogP contribution in [0.4, 0.5) is 5.69 Å². The quantitative estimate of drug-likeness (QED) is 0.520. The third kappa shape index (κ3) is 3.43. The van der Waals surface area contributed by atoms with Gasteiger partial charge in [0, 0.05) is 12.7 Å². The number of nitro groups is 1. The molecule has 2 aromatic rings. The van der Waals surface area contributed by atoms with Crippen molar-refractivity contribution in [3.05, 3.63) is 57.2 Å². The lowest BCUT2D eigenvalue weighted by atomic mass is 10.1. The van der Waals surface area contributed by atoms with Crippen LogP contribution < -0.4 is 4.74 Å². The highest BCUT2D eigenvalue weighted by Crippen LogP contribution is 2.30. The van der Waals surface area contributed by atoms with Crippen molar-refractivity contribution in [2.75, 3.05) is 6.61 Å². The summed E-state index contributed by atoms with van der Waals surface area (Å²) < 4.78 is 5.39. The topological polar surface area (TPSA) is 85.5 Å². The first-order valence-electron chi connectivity index (χ1n) is 5.79. The summed E-state index contributed by atoms with van der Waals surface area (Å²) in [6.45, 7) is 0.0571. The molecule has 0 unspecified atom stereocenters. The molecular formula is C13H11ClN2O4. The molecule has 0 saturated heterocycles. The summed E-state index contributed by atoms with van der Waals surface area (Å²) in [5, 5.41) is 19.8. The first kappa shape index (κ1) is 14.2. The highest BCUT2D eigenvalue weighted by molar-refractivity contribution is 6.29. The van der Waals surface area contributed by atoms with Gasteiger partial charge >= 0.3 is 11.6 Å². The second kappa shape index (κ2) is 6.31. The largest absolute Gasteiger partial charge is 0.434 e. The summed E-state index contributed by atoms with van der Waals surface area (Å²) in [5.74, 6) is 0.252. The van der Waals surface area contributed by atoms with Crippen LogP contribution in [0.1, 0.15) is 5.56 Å². The predicted octanol–water partition coefficient (Wildman–Crippen LogP) is 2.97. The molecule has 1 aromatic carbocycles. The molecule has 0 spiro atoms. The van der Waals surface area contributed by atoms with Crippen molar-refractivity contribution in [3.8, 4) is 11.6 Å². The van der Waals surface area contributed by atoms with E-state index in [2.05, 4.69) is 4.98 Å². The van der Waals surface area contributed by atoms with Crippen molar-refractivity contribution < 1.29 is 14.8 Å². The molecule has 2 rings (SSSR count). The molecule has 0 aliphatic carbocycles. The molecule has 6 nitrogen and oxygen atoms in total. The first-order valence-corrected chi connectivity index (χ1v) is 6.16. The minimum absolute atomic E-state index is 0.0571. The van der Waals surface area contributed by atoms with E-state index in [4.69, 9.17) is 21.4 Å². The zero-order valence-corrected chi connectivity index (χ0v) is 11.1. The molecular weight excluding hydrogens is 284 g/mol. The highest BCUT2D eigenvalue weighted by Gasteiger charge is 2.18. The molecule has 0 saturated carbocycles. The first-order chi connectivity index (χ1) is 9.60. The fourth-order valence-corrected chi connectivity index (χ4v) is 1.73. The van der Waals surface area contributed by atoms with E-state index < -0.39 is 4.92 Å². The van der Waals surface area contributed by atoms with E-state index in [-0.39, 0.29) is 23.3 Å². The molecule has 1 N–H and O–H groups in total. The number of hydrogen-bond acceptors (Lipinski definition) is 5. The lowest BCUT2D eigenvalue weighted by Gasteiger charge is -2.06. The standard InChI is InChI=1S/C13H11ClN2O4/c14-12-6-5-11(16(18)19)13(15-12)20-10-3-1-9(2-4-10)7-8-17/h1-6,17H,7-8H2. The molecule has 0 bridgehead atoms. The lowest BCUT2D eigenvalue weighted by Crippen LogP contribution is -1.96. The fourth-order valence-electron chi connectivity index (χ4n) is 1.59. The maximum atomic E-state index is 10.9. The van der Waals surface area contributed by atoms with Gasteiger partial charge in [-0.3, -0.25) is 10.1 Å². The van der Waals surface area contributed by atoms with E-state index in [9.17, 15) is 10.1 Å². The van der Waals surface area contributed by atoms with Crippen LogP contribution in [0.3, 0.4) is 0 Å². The third-order valence-electron chi connectivity index (χ3n) is 2.54. The molecule has 1 aromatic heterocycles. The maximum Gasteiger partial charge on any atom is 0.331 e. The molecule has 0 aliphatic rings. The summed E-state index contributed by atoms with van der Waals surface area (Å²) in [6.07, 6.45) is 0.538. The van der Waals surface area contributed by atoms with Gasteiger partial charge in [0.25, 0.3) is 0 Å². The molecule has 0 aliphatic heterocycles. The SMILES string of the molecule is O=[N+]([O-])c1ccc(Cl)nc1Oc1ccc(CCO)cc1. The predicted molar refractivity (Wildman–Crippen MR) is 73.2 cm³/mol. The number of hydrogen-bond donors (Lipinski definition) is 1. The van der Waals surface area contributed by atoms with Gasteiger partial charge in [-0.1, -0.05) is 23.7 Å². The number of aliphatic hydroxyl groups is 1. The van der Waals surface area contributed by atoms with Gasteiger partial charge in [-0.05, 0) is 30.2 Å². The van der Waals surface area contributed by atoms with Crippen molar-refractivity contribution in [2.45, 2.75) is 6.42 Å². The summed E-state index contributed by atoms with van der Waals surface area (Å²) in [7, 11) is 0. The molecule has 7 heteroatoms. The van der Waals surface area contributed by atoms with Gasteiger partial charge < -0.3 is 9.84 Å². The Balaban J connectivity index is 2.25. The van der Waals surface area contributed by atoms with Gasteiger partial charge in [0.2, 0.25) is 0 Å². The normalized spacial score (nSPS) is 10.3. The summed E-state index contributed by atoms with van der Waals surface area (Å²) >= 11 is 5.71. The van der Waals surface area contributed by atoms with E-state index in [1.807, 2.05) is 0 Å². The third-order valence-corrected chi connectivity index (χ3v) is 2.75. The minimum atomic E-state index is -0.585. The van der Waals surface area contributed by atoms with Gasteiger partial charge in [-0.25, -0.2) is 0 Å². The van der Waals surface area contributed by atoms with E-state index >= 15 is 0 Å². The van der Waals surface area contributed by atoms with Crippen LogP contribution in [-0.4, -0.2) is 21.6 Å². The Morgan fingerprint density at radius 2 is 1.95 bits per heavy atom. The zero-order valence-electron chi connectivity index (χ0n) is 10.3. The van der Waals surface area contributed by atoms with E-state index in [0.29, 0.717) is 12.2 Å². The Kier molecular flexibility index (Phi) is 4.49. The van der Waals surface area contributed by atoms with Crippen molar-refractivity contribution in [1.82, 2.24) is 4.98 Å². The van der Waals surface area contributed by atoms with Crippen LogP contribution in [0.5, 0.6) is 11.6 Å². The van der Waals surface area contributed by atoms with Gasteiger partial charge in [-0.2, -0.15) is 4.98 Å². The summed E-state index contributed by atoms with van der Waals surface area (Å²) in [5.41, 5.74) is 0.683. The molecule has 0 radical (unpaired) electrons. The van der Waals surface area contributed by atoms with Gasteiger partial charge in [-0.15, -0.1) is 0 Å². The molecule has 20 heavy (non-hydrogen) atoms. The monoisotopic (exact) mass is 294 g/mol. The molecule has 0 atom stereocenters. The number of pyridine rings is 1. The van der Waals surface area contributed by atoms with Gasteiger partial charge in [0.1, 0.15) is 10.9 Å². The Labute approximate surface area is 119 Å². The molecule has 0 fully saturated rings. The Hall–Kier alpha value is -2.18. The zero-order chi connectivity index (χ0) is 14.5. The van der Waals surface area contributed by atoms with Crippen LogP contribution in [0, 0.1) is 10.1 Å². The van der Waals surface area contributed by atoms with E-state index in [1.165, 1.54) is 12.1 Å². The average molecular weight is 295 g/mol. The van der Waals surface area contributed by atoms with E-state index in [1.54, 1.807) is 24.3 Å². The van der Waals surface area contributed by atoms with Crippen LogP contribution in [0.2, 0.25) is 5.15 Å². The number of aliphatic hydroxyl groups excluding tert-OH is 1. The fraction of sp³-hybridized carbons (Fsp3) is 0.154. The number of halogens is 1. The van der Waals surface area contributed by atoms with Crippen LogP contribution in [0.25, 0.3) is 0 Å². The second-order valence-electron chi connectivity index (χ2n) is 3.93. The molecule has 104 valence electrons. The lowest BCUT2D eigenvalue weighted by molar-refractivity contribution is -0.386. The van der Waals surface area contributed by atoms with Crippen molar-refractivity contribution in [3.63, 3.8) is 0 Å². The van der Waals surface area contributed by atoms with Crippen LogP contribution >= 0.6 is 11.6 Å². The second-order valence-corrected chi connectivity index (χ2v) is 4.32. The minimum Gasteiger partial charge on any atom is -0.434 e. The maximum absolute atomic E-state index is 10.9. The summed E-state index contributed by atoms with van der Waals surface area (Å²) in [4.78, 5) is 14.1. The molecule has 0 amide bonds. The highest BCUT2D eigenvalue weighted by atomic mass is 35.5. The Morgan fingerprint density at radius 3 is 2.55 bits per heavy atom. The number of aromatic nitrogens is 1.